The highest BCUT2D eigenvalue weighted by Crippen LogP contribution is 2.46. The number of H-pyrrole nitrogens is 1. The van der Waals surface area contributed by atoms with E-state index in [9.17, 15) is 9.59 Å². The molecule has 2 fully saturated rings. The quantitative estimate of drug-likeness (QED) is 0.841. The molecule has 1 saturated carbocycles. The number of likely N-dealkylation sites (tertiary alicyclic amines) is 1. The number of rotatable bonds is 1. The van der Waals surface area contributed by atoms with Crippen LogP contribution < -0.4 is 5.56 Å². The number of nitrogens with zero attached hydrogens (tertiary/aromatic N) is 1. The van der Waals surface area contributed by atoms with Crippen LogP contribution in [0.4, 0.5) is 0 Å². The Balaban J connectivity index is 1.68. The van der Waals surface area contributed by atoms with Gasteiger partial charge in [-0.05, 0) is 37.2 Å². The van der Waals surface area contributed by atoms with E-state index in [0.717, 1.165) is 25.9 Å². The van der Waals surface area contributed by atoms with E-state index in [-0.39, 0.29) is 11.5 Å². The van der Waals surface area contributed by atoms with Crippen LogP contribution in [-0.2, 0) is 0 Å². The Morgan fingerprint density at radius 2 is 1.84 bits per heavy atom. The Kier molecular flexibility index (Phi) is 3.17. The van der Waals surface area contributed by atoms with Crippen molar-refractivity contribution in [2.45, 2.75) is 38.5 Å². The molecule has 1 aromatic rings. The summed E-state index contributed by atoms with van der Waals surface area (Å²) < 4.78 is 0. The van der Waals surface area contributed by atoms with Gasteiger partial charge >= 0.3 is 0 Å². The lowest BCUT2D eigenvalue weighted by Gasteiger charge is -2.39. The van der Waals surface area contributed by atoms with Crippen LogP contribution in [0.5, 0.6) is 0 Å². The van der Waals surface area contributed by atoms with Gasteiger partial charge in [0, 0.05) is 30.9 Å². The van der Waals surface area contributed by atoms with E-state index in [0.29, 0.717) is 11.0 Å². The van der Waals surface area contributed by atoms with Crippen LogP contribution in [0.3, 0.4) is 0 Å². The summed E-state index contributed by atoms with van der Waals surface area (Å²) in [5.74, 6) is -0.000975. The Morgan fingerprint density at radius 3 is 2.47 bits per heavy atom. The van der Waals surface area contributed by atoms with Crippen molar-refractivity contribution in [3.63, 3.8) is 0 Å². The zero-order valence-electron chi connectivity index (χ0n) is 11.2. The molecule has 0 bridgehead atoms. The van der Waals surface area contributed by atoms with Crippen molar-refractivity contribution < 1.29 is 4.79 Å². The first kappa shape index (κ1) is 12.5. The van der Waals surface area contributed by atoms with Gasteiger partial charge in [0.25, 0.3) is 5.91 Å². The fourth-order valence-electron chi connectivity index (χ4n) is 3.57. The van der Waals surface area contributed by atoms with E-state index in [4.69, 9.17) is 0 Å². The maximum absolute atomic E-state index is 12.3. The van der Waals surface area contributed by atoms with E-state index in [1.165, 1.54) is 37.9 Å². The molecule has 102 valence electrons. The van der Waals surface area contributed by atoms with Gasteiger partial charge in [0.05, 0.1) is 0 Å². The topological polar surface area (TPSA) is 53.2 Å². The molecule has 0 aromatic carbocycles. The number of carbonyl (C=O) groups excluding carboxylic acids is 1. The van der Waals surface area contributed by atoms with Crippen LogP contribution in [0.25, 0.3) is 0 Å². The van der Waals surface area contributed by atoms with Crippen molar-refractivity contribution in [2.24, 2.45) is 5.41 Å². The third-order valence-corrected chi connectivity index (χ3v) is 4.80. The summed E-state index contributed by atoms with van der Waals surface area (Å²) in [4.78, 5) is 28.0. The summed E-state index contributed by atoms with van der Waals surface area (Å²) in [6.07, 6.45) is 9.16. The minimum Gasteiger partial charge on any atom is -0.339 e. The molecule has 2 aliphatic rings. The standard InChI is InChI=1S/C15H20N2O2/c18-13-11-12(3-8-16-13)14(19)17-9-6-15(7-10-17)4-1-2-5-15/h3,8,11H,1-2,4-7,9-10H2,(H,16,18). The number of nitrogens with one attached hydrogen (secondary N) is 1. The van der Waals surface area contributed by atoms with Gasteiger partial charge in [-0.1, -0.05) is 12.8 Å². The van der Waals surface area contributed by atoms with Gasteiger partial charge in [0.15, 0.2) is 0 Å². The molecule has 1 amide bonds. The molecule has 3 rings (SSSR count). The Bertz CT molecular complexity index is 519. The average Bonchev–Trinajstić information content (AvgIpc) is 2.87. The number of hydrogen-bond donors (Lipinski definition) is 1. The van der Waals surface area contributed by atoms with Crippen LogP contribution in [0, 0.1) is 5.41 Å². The maximum Gasteiger partial charge on any atom is 0.254 e. The Hall–Kier alpha value is -1.58. The smallest absolute Gasteiger partial charge is 0.254 e. The molecule has 1 spiro atoms. The van der Waals surface area contributed by atoms with Crippen LogP contribution in [0.15, 0.2) is 23.1 Å². The molecule has 0 atom stereocenters. The normalized spacial score (nSPS) is 21.8. The van der Waals surface area contributed by atoms with Crippen molar-refractivity contribution in [3.05, 3.63) is 34.2 Å². The van der Waals surface area contributed by atoms with Crippen molar-refractivity contribution in [2.75, 3.05) is 13.1 Å². The van der Waals surface area contributed by atoms with E-state index >= 15 is 0 Å². The molecule has 4 nitrogen and oxygen atoms in total. The predicted octanol–water partition coefficient (Wildman–Crippen LogP) is 2.17. The first-order valence-electron chi connectivity index (χ1n) is 7.17. The first-order chi connectivity index (χ1) is 9.19. The van der Waals surface area contributed by atoms with Gasteiger partial charge in [0.1, 0.15) is 0 Å². The molecule has 0 unspecified atom stereocenters. The van der Waals surface area contributed by atoms with Crippen LogP contribution in [0.2, 0.25) is 0 Å². The summed E-state index contributed by atoms with van der Waals surface area (Å²) in [6.45, 7) is 1.68. The van der Waals surface area contributed by atoms with Crippen molar-refractivity contribution in [1.29, 1.82) is 0 Å². The molecule has 1 aliphatic carbocycles. The monoisotopic (exact) mass is 260 g/mol. The zero-order valence-corrected chi connectivity index (χ0v) is 11.2. The minimum absolute atomic E-state index is 0.000975. The number of pyridine rings is 1. The van der Waals surface area contributed by atoms with Gasteiger partial charge < -0.3 is 9.88 Å². The summed E-state index contributed by atoms with van der Waals surface area (Å²) in [7, 11) is 0. The van der Waals surface area contributed by atoms with Gasteiger partial charge in [-0.25, -0.2) is 0 Å². The molecular formula is C15H20N2O2. The number of carbonyl (C=O) groups is 1. The van der Waals surface area contributed by atoms with E-state index in [1.807, 2.05) is 4.90 Å². The first-order valence-corrected chi connectivity index (χ1v) is 7.17. The Labute approximate surface area is 112 Å². The van der Waals surface area contributed by atoms with Gasteiger partial charge in [0.2, 0.25) is 5.56 Å². The van der Waals surface area contributed by atoms with Gasteiger partial charge in [-0.15, -0.1) is 0 Å². The highest BCUT2D eigenvalue weighted by atomic mass is 16.2. The highest BCUT2D eigenvalue weighted by molar-refractivity contribution is 5.94. The number of amides is 1. The fraction of sp³-hybridized carbons (Fsp3) is 0.600. The fourth-order valence-corrected chi connectivity index (χ4v) is 3.57. The van der Waals surface area contributed by atoms with Crippen LogP contribution >= 0.6 is 0 Å². The number of aromatic amines is 1. The SMILES string of the molecule is O=C(c1cc[nH]c(=O)c1)N1CCC2(CCCC2)CC1. The average molecular weight is 260 g/mol. The summed E-state index contributed by atoms with van der Waals surface area (Å²) in [5.41, 5.74) is 0.812. The third kappa shape index (κ3) is 2.44. The molecule has 1 aliphatic heterocycles. The molecule has 1 saturated heterocycles. The molecule has 0 radical (unpaired) electrons. The second-order valence-corrected chi connectivity index (χ2v) is 5.94. The van der Waals surface area contributed by atoms with E-state index in [2.05, 4.69) is 4.98 Å². The lowest BCUT2D eigenvalue weighted by Crippen LogP contribution is -2.42. The van der Waals surface area contributed by atoms with Gasteiger partial charge in [-0.3, -0.25) is 9.59 Å². The van der Waals surface area contributed by atoms with Crippen molar-refractivity contribution in [3.8, 4) is 0 Å². The second kappa shape index (κ2) is 4.83. The highest BCUT2D eigenvalue weighted by Gasteiger charge is 2.38. The molecular weight excluding hydrogens is 240 g/mol. The molecule has 1 aromatic heterocycles. The molecule has 1 N–H and O–H groups in total. The number of piperidine rings is 1. The second-order valence-electron chi connectivity index (χ2n) is 5.94. The largest absolute Gasteiger partial charge is 0.339 e. The molecule has 4 heteroatoms. The maximum atomic E-state index is 12.3. The van der Waals surface area contributed by atoms with Gasteiger partial charge in [-0.2, -0.15) is 0 Å². The van der Waals surface area contributed by atoms with E-state index < -0.39 is 0 Å². The summed E-state index contributed by atoms with van der Waals surface area (Å²) in [6, 6.07) is 3.08. The lowest BCUT2D eigenvalue weighted by molar-refractivity contribution is 0.0587. The van der Waals surface area contributed by atoms with E-state index in [1.54, 1.807) is 6.07 Å². The van der Waals surface area contributed by atoms with Crippen molar-refractivity contribution in [1.82, 2.24) is 9.88 Å². The van der Waals surface area contributed by atoms with Crippen molar-refractivity contribution >= 4 is 5.91 Å². The molecule has 19 heavy (non-hydrogen) atoms. The summed E-state index contributed by atoms with van der Waals surface area (Å²) in [5, 5.41) is 0. The minimum atomic E-state index is -0.213. The summed E-state index contributed by atoms with van der Waals surface area (Å²) >= 11 is 0. The van der Waals surface area contributed by atoms with Crippen LogP contribution in [-0.4, -0.2) is 28.9 Å². The predicted molar refractivity (Wildman–Crippen MR) is 73.1 cm³/mol. The van der Waals surface area contributed by atoms with Crippen LogP contribution in [0.1, 0.15) is 48.9 Å². The number of aromatic nitrogens is 1. The number of hydrogen-bond acceptors (Lipinski definition) is 2. The Morgan fingerprint density at radius 1 is 1.16 bits per heavy atom. The molecule has 2 heterocycles. The lowest BCUT2D eigenvalue weighted by atomic mass is 9.77. The third-order valence-electron chi connectivity index (χ3n) is 4.80. The zero-order chi connectivity index (χ0) is 13.3.